The van der Waals surface area contributed by atoms with Crippen LogP contribution in [0.15, 0.2) is 0 Å². The first-order chi connectivity index (χ1) is 7.33. The number of aromatic hydroxyl groups is 1. The van der Waals surface area contributed by atoms with Crippen molar-refractivity contribution in [1.82, 2.24) is 0 Å². The van der Waals surface area contributed by atoms with Crippen molar-refractivity contribution in [2.24, 2.45) is 0 Å². The van der Waals surface area contributed by atoms with Gasteiger partial charge in [0.2, 0.25) is 0 Å². The molecular formula is C11H9NO3. The maximum atomic E-state index is 9.94. The van der Waals surface area contributed by atoms with Gasteiger partial charge in [-0.25, -0.2) is 0 Å². The Morgan fingerprint density at radius 3 is 2.47 bits per heavy atom. The molecule has 0 spiro atoms. The van der Waals surface area contributed by atoms with Crippen LogP contribution in [0.3, 0.4) is 0 Å². The van der Waals surface area contributed by atoms with E-state index in [1.165, 1.54) is 0 Å². The quantitative estimate of drug-likeness (QED) is 0.686. The van der Waals surface area contributed by atoms with Crippen LogP contribution in [0.1, 0.15) is 16.7 Å². The lowest BCUT2D eigenvalue weighted by Crippen LogP contribution is -1.92. The molecule has 2 heterocycles. The van der Waals surface area contributed by atoms with Crippen molar-refractivity contribution in [3.8, 4) is 23.3 Å². The molecule has 4 heteroatoms. The molecule has 0 amide bonds. The number of hydrogen-bond acceptors (Lipinski definition) is 4. The molecule has 1 N–H and O–H groups in total. The molecule has 0 aromatic heterocycles. The molecule has 0 unspecified atom stereocenters. The number of nitriles is 1. The van der Waals surface area contributed by atoms with Crippen molar-refractivity contribution in [1.29, 1.82) is 5.26 Å². The van der Waals surface area contributed by atoms with E-state index in [4.69, 9.17) is 14.7 Å². The lowest BCUT2D eigenvalue weighted by molar-refractivity contribution is 0.333. The fraction of sp³-hybridized carbons (Fsp3) is 0.364. The minimum atomic E-state index is 0.161. The van der Waals surface area contributed by atoms with E-state index in [2.05, 4.69) is 6.07 Å². The summed E-state index contributed by atoms with van der Waals surface area (Å²) in [6.45, 7) is 1.06. The van der Waals surface area contributed by atoms with E-state index in [9.17, 15) is 5.11 Å². The highest BCUT2D eigenvalue weighted by atomic mass is 16.5. The summed E-state index contributed by atoms with van der Waals surface area (Å²) < 4.78 is 10.7. The van der Waals surface area contributed by atoms with Gasteiger partial charge in [-0.3, -0.25) is 0 Å². The number of nitrogens with zero attached hydrogens (tertiary/aromatic N) is 1. The van der Waals surface area contributed by atoms with E-state index >= 15 is 0 Å². The summed E-state index contributed by atoms with van der Waals surface area (Å²) in [7, 11) is 0. The van der Waals surface area contributed by atoms with Gasteiger partial charge < -0.3 is 14.6 Å². The van der Waals surface area contributed by atoms with Crippen molar-refractivity contribution in [3.63, 3.8) is 0 Å². The SMILES string of the molecule is N#Cc1c2c(c(O)c3c1OCC3)OCC2. The normalized spacial score (nSPS) is 16.2. The molecule has 0 fully saturated rings. The Morgan fingerprint density at radius 2 is 1.73 bits per heavy atom. The van der Waals surface area contributed by atoms with Gasteiger partial charge in [-0.2, -0.15) is 5.26 Å². The molecule has 0 atom stereocenters. The Labute approximate surface area is 86.7 Å². The van der Waals surface area contributed by atoms with E-state index in [-0.39, 0.29) is 5.75 Å². The van der Waals surface area contributed by atoms with Crippen molar-refractivity contribution < 1.29 is 14.6 Å². The lowest BCUT2D eigenvalue weighted by Gasteiger charge is -2.09. The van der Waals surface area contributed by atoms with Crippen LogP contribution < -0.4 is 9.47 Å². The summed E-state index contributed by atoms with van der Waals surface area (Å²) in [5.74, 6) is 1.20. The number of hydrogen-bond donors (Lipinski definition) is 1. The molecular weight excluding hydrogens is 194 g/mol. The second-order valence-electron chi connectivity index (χ2n) is 3.65. The fourth-order valence-corrected chi connectivity index (χ4v) is 2.20. The lowest BCUT2D eigenvalue weighted by atomic mass is 9.99. The summed E-state index contributed by atoms with van der Waals surface area (Å²) >= 11 is 0. The first-order valence-corrected chi connectivity index (χ1v) is 4.89. The average molecular weight is 203 g/mol. The summed E-state index contributed by atoms with van der Waals surface area (Å²) in [5, 5.41) is 19.0. The van der Waals surface area contributed by atoms with Crippen LogP contribution in [-0.2, 0) is 12.8 Å². The van der Waals surface area contributed by atoms with Gasteiger partial charge >= 0.3 is 0 Å². The zero-order valence-electron chi connectivity index (χ0n) is 8.04. The second kappa shape index (κ2) is 2.80. The van der Waals surface area contributed by atoms with Gasteiger partial charge in [0.05, 0.1) is 13.2 Å². The van der Waals surface area contributed by atoms with E-state index in [0.717, 1.165) is 5.56 Å². The molecule has 0 radical (unpaired) electrons. The van der Waals surface area contributed by atoms with E-state index < -0.39 is 0 Å². The molecule has 0 bridgehead atoms. The minimum Gasteiger partial charge on any atom is -0.504 e. The van der Waals surface area contributed by atoms with Crippen LogP contribution in [0.25, 0.3) is 0 Å². The third-order valence-corrected chi connectivity index (χ3v) is 2.89. The molecule has 0 saturated heterocycles. The van der Waals surface area contributed by atoms with E-state index in [1.54, 1.807) is 0 Å². The molecule has 2 aliphatic heterocycles. The Morgan fingerprint density at radius 1 is 1.07 bits per heavy atom. The zero-order chi connectivity index (χ0) is 10.4. The monoisotopic (exact) mass is 203 g/mol. The van der Waals surface area contributed by atoms with E-state index in [1.807, 2.05) is 0 Å². The van der Waals surface area contributed by atoms with Crippen molar-refractivity contribution in [2.75, 3.05) is 13.2 Å². The Balaban J connectivity index is 2.37. The number of phenols is 1. The largest absolute Gasteiger partial charge is 0.504 e. The molecule has 1 aromatic carbocycles. The van der Waals surface area contributed by atoms with Gasteiger partial charge in [-0.15, -0.1) is 0 Å². The van der Waals surface area contributed by atoms with Crippen LogP contribution in [0.4, 0.5) is 0 Å². The molecule has 3 rings (SSSR count). The predicted octanol–water partition coefficient (Wildman–Crippen LogP) is 1.13. The Bertz CT molecular complexity index is 453. The molecule has 15 heavy (non-hydrogen) atoms. The van der Waals surface area contributed by atoms with Crippen molar-refractivity contribution in [2.45, 2.75) is 12.8 Å². The summed E-state index contributed by atoms with van der Waals surface area (Å²) in [5.41, 5.74) is 2.04. The number of fused-ring (bicyclic) bond motifs is 2. The van der Waals surface area contributed by atoms with E-state index in [0.29, 0.717) is 48.7 Å². The number of rotatable bonds is 0. The highest BCUT2D eigenvalue weighted by Crippen LogP contribution is 2.47. The maximum absolute atomic E-state index is 9.94. The van der Waals surface area contributed by atoms with Gasteiger partial charge in [0, 0.05) is 24.0 Å². The third kappa shape index (κ3) is 0.949. The minimum absolute atomic E-state index is 0.161. The summed E-state index contributed by atoms with van der Waals surface area (Å²) in [6, 6.07) is 2.14. The van der Waals surface area contributed by atoms with Gasteiger partial charge in [0.25, 0.3) is 0 Å². The second-order valence-corrected chi connectivity index (χ2v) is 3.65. The Kier molecular flexibility index (Phi) is 1.57. The number of benzene rings is 1. The Hall–Kier alpha value is -1.89. The predicted molar refractivity (Wildman–Crippen MR) is 51.2 cm³/mol. The third-order valence-electron chi connectivity index (χ3n) is 2.89. The van der Waals surface area contributed by atoms with Crippen LogP contribution >= 0.6 is 0 Å². The van der Waals surface area contributed by atoms with Crippen LogP contribution in [0.5, 0.6) is 17.2 Å². The van der Waals surface area contributed by atoms with Crippen LogP contribution in [0.2, 0.25) is 0 Å². The zero-order valence-corrected chi connectivity index (χ0v) is 8.04. The van der Waals surface area contributed by atoms with Crippen LogP contribution in [0, 0.1) is 11.3 Å². The molecule has 4 nitrogen and oxygen atoms in total. The number of phenolic OH excluding ortho intramolecular Hbond substituents is 1. The summed E-state index contributed by atoms with van der Waals surface area (Å²) in [4.78, 5) is 0. The fourth-order valence-electron chi connectivity index (χ4n) is 2.20. The van der Waals surface area contributed by atoms with Gasteiger partial charge in [0.1, 0.15) is 17.4 Å². The van der Waals surface area contributed by atoms with Crippen molar-refractivity contribution >= 4 is 0 Å². The highest BCUT2D eigenvalue weighted by molar-refractivity contribution is 5.68. The number of ether oxygens (including phenoxy) is 2. The van der Waals surface area contributed by atoms with Gasteiger partial charge in [-0.1, -0.05) is 0 Å². The first kappa shape index (κ1) is 8.42. The topological polar surface area (TPSA) is 62.5 Å². The molecule has 0 saturated carbocycles. The highest BCUT2D eigenvalue weighted by Gasteiger charge is 2.31. The standard InChI is InChI=1S/C11H9NO3/c12-5-8-6-1-3-15-11(6)9(13)7-2-4-14-10(7)8/h13H,1-4H2. The summed E-state index contributed by atoms with van der Waals surface area (Å²) in [6.07, 6.45) is 1.31. The molecule has 0 aliphatic carbocycles. The smallest absolute Gasteiger partial charge is 0.166 e. The van der Waals surface area contributed by atoms with Gasteiger partial charge in [0.15, 0.2) is 11.5 Å². The molecule has 76 valence electrons. The first-order valence-electron chi connectivity index (χ1n) is 4.89. The maximum Gasteiger partial charge on any atom is 0.166 e. The van der Waals surface area contributed by atoms with Crippen LogP contribution in [-0.4, -0.2) is 18.3 Å². The van der Waals surface area contributed by atoms with Crippen molar-refractivity contribution in [3.05, 3.63) is 16.7 Å². The van der Waals surface area contributed by atoms with Gasteiger partial charge in [-0.05, 0) is 0 Å². The molecule has 1 aromatic rings. The molecule has 2 aliphatic rings. The average Bonchev–Trinajstić information content (AvgIpc) is 2.85.